The van der Waals surface area contributed by atoms with E-state index >= 15 is 0 Å². The monoisotopic (exact) mass is 293 g/mol. The smallest absolute Gasteiger partial charge is 0.248 e. The van der Waals surface area contributed by atoms with E-state index in [1.807, 2.05) is 0 Å². The molecular weight excluding hydrogens is 269 g/mol. The maximum atomic E-state index is 14.0. The number of nitrogens with zero attached hydrogens (tertiary/aromatic N) is 1. The summed E-state index contributed by atoms with van der Waals surface area (Å²) in [5.41, 5.74) is 6.00. The number of nitrogens with one attached hydrogen (secondary N) is 1. The Morgan fingerprint density at radius 3 is 2.71 bits per heavy atom. The number of carbonyl (C=O) groups is 1. The molecule has 0 radical (unpaired) electrons. The van der Waals surface area contributed by atoms with Crippen molar-refractivity contribution in [3.05, 3.63) is 35.1 Å². The van der Waals surface area contributed by atoms with Crippen LogP contribution in [-0.4, -0.2) is 37.0 Å². The first kappa shape index (κ1) is 15.9. The normalized spacial score (nSPS) is 17.0. The number of amides is 1. The molecule has 1 aromatic rings. The molecule has 0 atom stereocenters. The number of nitrogens with two attached hydrogens (primary N) is 1. The molecule has 1 fully saturated rings. The van der Waals surface area contributed by atoms with Gasteiger partial charge in [0.05, 0.1) is 0 Å². The summed E-state index contributed by atoms with van der Waals surface area (Å²) < 4.78 is 14.0. The number of benzene rings is 1. The Morgan fingerprint density at radius 2 is 2.14 bits per heavy atom. The SMILES string of the molecule is CCNCC1CCN(Cc2ccc(C(N)=O)cc2F)CC1. The van der Waals surface area contributed by atoms with Crippen molar-refractivity contribution in [2.75, 3.05) is 26.2 Å². The largest absolute Gasteiger partial charge is 0.366 e. The minimum Gasteiger partial charge on any atom is -0.366 e. The summed E-state index contributed by atoms with van der Waals surface area (Å²) in [6.45, 7) is 6.79. The molecule has 1 aliphatic heterocycles. The van der Waals surface area contributed by atoms with Crippen molar-refractivity contribution >= 4 is 5.91 Å². The summed E-state index contributed by atoms with van der Waals surface area (Å²) >= 11 is 0. The van der Waals surface area contributed by atoms with Gasteiger partial charge in [-0.25, -0.2) is 4.39 Å². The zero-order chi connectivity index (χ0) is 15.2. The van der Waals surface area contributed by atoms with Crippen LogP contribution in [0.2, 0.25) is 0 Å². The van der Waals surface area contributed by atoms with Gasteiger partial charge < -0.3 is 11.1 Å². The van der Waals surface area contributed by atoms with Crippen LogP contribution in [0.25, 0.3) is 0 Å². The number of hydrogen-bond donors (Lipinski definition) is 2. The zero-order valence-corrected chi connectivity index (χ0v) is 12.6. The number of halogens is 1. The van der Waals surface area contributed by atoms with E-state index in [1.165, 1.54) is 6.07 Å². The molecule has 3 N–H and O–H groups in total. The van der Waals surface area contributed by atoms with Crippen LogP contribution in [0.5, 0.6) is 0 Å². The quantitative estimate of drug-likeness (QED) is 0.840. The van der Waals surface area contributed by atoms with Gasteiger partial charge in [-0.3, -0.25) is 9.69 Å². The maximum Gasteiger partial charge on any atom is 0.248 e. The number of rotatable bonds is 6. The zero-order valence-electron chi connectivity index (χ0n) is 12.6. The third-order valence-electron chi connectivity index (χ3n) is 4.12. The minimum absolute atomic E-state index is 0.223. The number of likely N-dealkylation sites (tertiary alicyclic amines) is 1. The number of piperidine rings is 1. The van der Waals surface area contributed by atoms with Crippen molar-refractivity contribution in [3.8, 4) is 0 Å². The third kappa shape index (κ3) is 4.51. The number of primary amides is 1. The highest BCUT2D eigenvalue weighted by molar-refractivity contribution is 5.92. The van der Waals surface area contributed by atoms with Crippen LogP contribution in [0.15, 0.2) is 18.2 Å². The van der Waals surface area contributed by atoms with E-state index in [9.17, 15) is 9.18 Å². The molecule has 1 heterocycles. The first-order chi connectivity index (χ1) is 10.1. The Bertz CT molecular complexity index is 484. The predicted octanol–water partition coefficient (Wildman–Crippen LogP) is 1.75. The average Bonchev–Trinajstić information content (AvgIpc) is 2.48. The number of carbonyl (C=O) groups excluding carboxylic acids is 1. The molecular formula is C16H24FN3O. The first-order valence-corrected chi connectivity index (χ1v) is 7.61. The fraction of sp³-hybridized carbons (Fsp3) is 0.562. The summed E-state index contributed by atoms with van der Waals surface area (Å²) in [5, 5.41) is 3.39. The van der Waals surface area contributed by atoms with E-state index in [0.29, 0.717) is 12.1 Å². The van der Waals surface area contributed by atoms with Crippen LogP contribution in [-0.2, 0) is 6.54 Å². The fourth-order valence-corrected chi connectivity index (χ4v) is 2.77. The van der Waals surface area contributed by atoms with Crippen LogP contribution in [0.1, 0.15) is 35.7 Å². The summed E-state index contributed by atoms with van der Waals surface area (Å²) in [5.74, 6) is -0.214. The van der Waals surface area contributed by atoms with E-state index in [4.69, 9.17) is 5.73 Å². The van der Waals surface area contributed by atoms with Crippen molar-refractivity contribution < 1.29 is 9.18 Å². The van der Waals surface area contributed by atoms with Crippen LogP contribution >= 0.6 is 0 Å². The third-order valence-corrected chi connectivity index (χ3v) is 4.12. The molecule has 1 amide bonds. The first-order valence-electron chi connectivity index (χ1n) is 7.61. The van der Waals surface area contributed by atoms with Crippen molar-refractivity contribution in [1.29, 1.82) is 0 Å². The summed E-state index contributed by atoms with van der Waals surface area (Å²) in [4.78, 5) is 13.3. The lowest BCUT2D eigenvalue weighted by Crippen LogP contribution is -2.37. The Morgan fingerprint density at radius 1 is 1.43 bits per heavy atom. The molecule has 0 aromatic heterocycles. The molecule has 2 rings (SSSR count). The topological polar surface area (TPSA) is 58.4 Å². The van der Waals surface area contributed by atoms with Crippen molar-refractivity contribution in [2.45, 2.75) is 26.3 Å². The van der Waals surface area contributed by atoms with E-state index in [1.54, 1.807) is 12.1 Å². The Kier molecular flexibility index (Phi) is 5.70. The van der Waals surface area contributed by atoms with E-state index in [0.717, 1.165) is 44.9 Å². The molecule has 0 aliphatic carbocycles. The maximum absolute atomic E-state index is 14.0. The molecule has 4 nitrogen and oxygen atoms in total. The highest BCUT2D eigenvalue weighted by Gasteiger charge is 2.19. The molecule has 0 unspecified atom stereocenters. The van der Waals surface area contributed by atoms with Gasteiger partial charge in [-0.05, 0) is 57.1 Å². The Hall–Kier alpha value is -1.46. The van der Waals surface area contributed by atoms with Gasteiger partial charge in [0.25, 0.3) is 0 Å². The Balaban J connectivity index is 1.87. The molecule has 21 heavy (non-hydrogen) atoms. The molecule has 5 heteroatoms. The highest BCUT2D eigenvalue weighted by Crippen LogP contribution is 2.20. The van der Waals surface area contributed by atoms with Crippen molar-refractivity contribution in [2.24, 2.45) is 11.7 Å². The van der Waals surface area contributed by atoms with E-state index < -0.39 is 5.91 Å². The molecule has 1 aliphatic rings. The Labute approximate surface area is 125 Å². The molecule has 116 valence electrons. The molecule has 0 bridgehead atoms. The van der Waals surface area contributed by atoms with Crippen LogP contribution in [0, 0.1) is 11.7 Å². The lowest BCUT2D eigenvalue weighted by atomic mass is 9.96. The second-order valence-electron chi connectivity index (χ2n) is 5.70. The standard InChI is InChI=1S/C16H24FN3O/c1-2-19-10-12-5-7-20(8-6-12)11-14-4-3-13(16(18)21)9-15(14)17/h3-4,9,12,19H,2,5-8,10-11H2,1H3,(H2,18,21). The summed E-state index contributed by atoms with van der Waals surface area (Å²) in [6, 6.07) is 4.49. The number of hydrogen-bond acceptors (Lipinski definition) is 3. The second-order valence-corrected chi connectivity index (χ2v) is 5.70. The van der Waals surface area contributed by atoms with Crippen LogP contribution in [0.3, 0.4) is 0 Å². The van der Waals surface area contributed by atoms with Crippen LogP contribution < -0.4 is 11.1 Å². The van der Waals surface area contributed by atoms with Gasteiger partial charge >= 0.3 is 0 Å². The van der Waals surface area contributed by atoms with Crippen molar-refractivity contribution in [1.82, 2.24) is 10.2 Å². The molecule has 1 saturated heterocycles. The van der Waals surface area contributed by atoms with Gasteiger partial charge in [-0.1, -0.05) is 13.0 Å². The second kappa shape index (κ2) is 7.52. The van der Waals surface area contributed by atoms with E-state index in [-0.39, 0.29) is 11.4 Å². The van der Waals surface area contributed by atoms with E-state index in [2.05, 4.69) is 17.1 Å². The predicted molar refractivity (Wildman–Crippen MR) is 81.5 cm³/mol. The van der Waals surface area contributed by atoms with Gasteiger partial charge in [-0.15, -0.1) is 0 Å². The van der Waals surface area contributed by atoms with Gasteiger partial charge in [0.1, 0.15) is 5.82 Å². The summed E-state index contributed by atoms with van der Waals surface area (Å²) in [7, 11) is 0. The van der Waals surface area contributed by atoms with Crippen molar-refractivity contribution in [3.63, 3.8) is 0 Å². The average molecular weight is 293 g/mol. The summed E-state index contributed by atoms with van der Waals surface area (Å²) in [6.07, 6.45) is 2.29. The fourth-order valence-electron chi connectivity index (χ4n) is 2.77. The minimum atomic E-state index is -0.593. The molecule has 0 spiro atoms. The molecule has 0 saturated carbocycles. The van der Waals surface area contributed by atoms with Gasteiger partial charge in [0, 0.05) is 17.7 Å². The van der Waals surface area contributed by atoms with Gasteiger partial charge in [0.2, 0.25) is 5.91 Å². The lowest BCUT2D eigenvalue weighted by molar-refractivity contribution is 0.0999. The highest BCUT2D eigenvalue weighted by atomic mass is 19.1. The lowest BCUT2D eigenvalue weighted by Gasteiger charge is -2.32. The van der Waals surface area contributed by atoms with Crippen LogP contribution in [0.4, 0.5) is 4.39 Å². The van der Waals surface area contributed by atoms with Gasteiger partial charge in [-0.2, -0.15) is 0 Å². The molecule has 1 aromatic carbocycles. The van der Waals surface area contributed by atoms with Gasteiger partial charge in [0.15, 0.2) is 0 Å².